The molecule has 0 atom stereocenters. The van der Waals surface area contributed by atoms with Gasteiger partial charge in [0.2, 0.25) is 0 Å². The fourth-order valence-electron chi connectivity index (χ4n) is 1.03. The van der Waals surface area contributed by atoms with Gasteiger partial charge in [-0.1, -0.05) is 0 Å². The van der Waals surface area contributed by atoms with Crippen molar-refractivity contribution >= 4 is 5.82 Å². The van der Waals surface area contributed by atoms with Gasteiger partial charge in [0.25, 0.3) is 0 Å². The van der Waals surface area contributed by atoms with Crippen LogP contribution in [0.3, 0.4) is 0 Å². The molecule has 0 aromatic carbocycles. The lowest BCUT2D eigenvalue weighted by molar-refractivity contribution is 0.929. The normalized spacial score (nSPS) is 15.6. The Bertz CT molecular complexity index is 349. The topological polar surface area (TPSA) is 75.6 Å². The molecule has 1 fully saturated rings. The minimum Gasteiger partial charge on any atom is -0.382 e. The maximum atomic E-state index is 8.55. The maximum Gasteiger partial charge on any atom is 0.145 e. The third-order valence-electron chi connectivity index (χ3n) is 1.90. The summed E-state index contributed by atoms with van der Waals surface area (Å²) in [5.74, 6) is 1.57. The van der Waals surface area contributed by atoms with Crippen LogP contribution in [-0.2, 0) is 0 Å². The second-order valence-corrected chi connectivity index (χ2v) is 2.91. The second-order valence-electron chi connectivity index (χ2n) is 2.91. The molecular weight excluding hydrogens is 152 g/mol. The molecule has 1 aromatic rings. The monoisotopic (exact) mass is 160 g/mol. The number of nitriles is 1. The fraction of sp³-hybridized carbons (Fsp3) is 0.375. The zero-order valence-corrected chi connectivity index (χ0v) is 6.49. The Morgan fingerprint density at radius 1 is 1.58 bits per heavy atom. The summed E-state index contributed by atoms with van der Waals surface area (Å²) in [6.45, 7) is 0. The van der Waals surface area contributed by atoms with Crippen molar-refractivity contribution in [3.05, 3.63) is 17.6 Å². The average molecular weight is 160 g/mol. The molecule has 4 nitrogen and oxygen atoms in total. The SMILES string of the molecule is N#Cc1cnc(C2CC2)nc1N. The van der Waals surface area contributed by atoms with Gasteiger partial charge in [0.1, 0.15) is 23.3 Å². The quantitative estimate of drug-likeness (QED) is 0.659. The molecule has 0 spiro atoms. The van der Waals surface area contributed by atoms with Crippen molar-refractivity contribution in [2.75, 3.05) is 5.73 Å². The first-order chi connectivity index (χ1) is 5.81. The van der Waals surface area contributed by atoms with Crippen molar-refractivity contribution in [3.63, 3.8) is 0 Å². The zero-order chi connectivity index (χ0) is 8.55. The van der Waals surface area contributed by atoms with Crippen LogP contribution in [-0.4, -0.2) is 9.97 Å². The number of aromatic nitrogens is 2. The highest BCUT2D eigenvalue weighted by atomic mass is 15.0. The molecule has 0 radical (unpaired) electrons. The highest BCUT2D eigenvalue weighted by Gasteiger charge is 2.26. The van der Waals surface area contributed by atoms with Crippen molar-refractivity contribution in [2.45, 2.75) is 18.8 Å². The van der Waals surface area contributed by atoms with E-state index in [1.54, 1.807) is 0 Å². The van der Waals surface area contributed by atoms with E-state index in [1.807, 2.05) is 6.07 Å². The van der Waals surface area contributed by atoms with Crippen LogP contribution < -0.4 is 5.73 Å². The molecule has 1 aliphatic carbocycles. The number of nitrogens with two attached hydrogens (primary N) is 1. The summed E-state index contributed by atoms with van der Waals surface area (Å²) in [7, 11) is 0. The molecule has 2 rings (SSSR count). The molecule has 4 heteroatoms. The van der Waals surface area contributed by atoms with E-state index in [-0.39, 0.29) is 0 Å². The fourth-order valence-corrected chi connectivity index (χ4v) is 1.03. The number of nitrogens with zero attached hydrogens (tertiary/aromatic N) is 3. The van der Waals surface area contributed by atoms with Crippen LogP contribution in [0.5, 0.6) is 0 Å². The average Bonchev–Trinajstić information content (AvgIpc) is 2.86. The van der Waals surface area contributed by atoms with Gasteiger partial charge in [-0.05, 0) is 12.8 Å². The van der Waals surface area contributed by atoms with Crippen LogP contribution in [0.1, 0.15) is 30.1 Å². The predicted octanol–water partition coefficient (Wildman–Crippen LogP) is 0.808. The highest BCUT2D eigenvalue weighted by Crippen LogP contribution is 2.38. The molecule has 1 heterocycles. The first-order valence-electron chi connectivity index (χ1n) is 3.84. The molecular formula is C8H8N4. The van der Waals surface area contributed by atoms with Gasteiger partial charge in [-0.3, -0.25) is 0 Å². The van der Waals surface area contributed by atoms with Gasteiger partial charge in [-0.25, -0.2) is 9.97 Å². The van der Waals surface area contributed by atoms with Crippen LogP contribution in [0.25, 0.3) is 0 Å². The summed E-state index contributed by atoms with van der Waals surface area (Å²) in [6.07, 6.45) is 3.78. The van der Waals surface area contributed by atoms with Crippen LogP contribution >= 0.6 is 0 Å². The van der Waals surface area contributed by atoms with Gasteiger partial charge in [0.05, 0.1) is 6.20 Å². The molecule has 0 saturated heterocycles. The number of nitrogen functional groups attached to an aromatic ring is 1. The summed E-state index contributed by atoms with van der Waals surface area (Å²) in [5.41, 5.74) is 5.88. The number of hydrogen-bond donors (Lipinski definition) is 1. The largest absolute Gasteiger partial charge is 0.382 e. The smallest absolute Gasteiger partial charge is 0.145 e. The van der Waals surface area contributed by atoms with Gasteiger partial charge < -0.3 is 5.73 Å². The van der Waals surface area contributed by atoms with E-state index >= 15 is 0 Å². The van der Waals surface area contributed by atoms with Crippen molar-refractivity contribution in [1.82, 2.24) is 9.97 Å². The van der Waals surface area contributed by atoms with Crippen molar-refractivity contribution in [3.8, 4) is 6.07 Å². The Morgan fingerprint density at radius 2 is 2.33 bits per heavy atom. The summed E-state index contributed by atoms with van der Waals surface area (Å²) < 4.78 is 0. The van der Waals surface area contributed by atoms with Crippen molar-refractivity contribution < 1.29 is 0 Å². The van der Waals surface area contributed by atoms with Gasteiger partial charge in [0, 0.05) is 5.92 Å². The third-order valence-corrected chi connectivity index (χ3v) is 1.90. The van der Waals surface area contributed by atoms with Gasteiger partial charge >= 0.3 is 0 Å². The van der Waals surface area contributed by atoms with E-state index in [2.05, 4.69) is 9.97 Å². The van der Waals surface area contributed by atoms with Gasteiger partial charge in [0.15, 0.2) is 0 Å². The Balaban J connectivity index is 2.38. The van der Waals surface area contributed by atoms with Crippen LogP contribution in [0.15, 0.2) is 6.20 Å². The lowest BCUT2D eigenvalue weighted by Gasteiger charge is -1.98. The van der Waals surface area contributed by atoms with Gasteiger partial charge in [-0.15, -0.1) is 0 Å². The van der Waals surface area contributed by atoms with Crippen molar-refractivity contribution in [2.24, 2.45) is 0 Å². The molecule has 0 unspecified atom stereocenters. The van der Waals surface area contributed by atoms with E-state index in [0.29, 0.717) is 17.3 Å². The number of hydrogen-bond acceptors (Lipinski definition) is 4. The Hall–Kier alpha value is -1.63. The van der Waals surface area contributed by atoms with E-state index in [0.717, 1.165) is 18.7 Å². The Morgan fingerprint density at radius 3 is 2.83 bits per heavy atom. The van der Waals surface area contributed by atoms with E-state index in [1.165, 1.54) is 6.20 Å². The standard InChI is InChI=1S/C8H8N4/c9-3-6-4-11-8(5-1-2-5)12-7(6)10/h4-5H,1-2H2,(H2,10,11,12). The molecule has 1 saturated carbocycles. The highest BCUT2D eigenvalue weighted by molar-refractivity contribution is 5.46. The minimum atomic E-state index is 0.300. The maximum absolute atomic E-state index is 8.55. The molecule has 1 aromatic heterocycles. The summed E-state index contributed by atoms with van der Waals surface area (Å²) in [6, 6.07) is 1.93. The van der Waals surface area contributed by atoms with Crippen LogP contribution in [0.4, 0.5) is 5.82 Å². The third kappa shape index (κ3) is 1.10. The zero-order valence-electron chi connectivity index (χ0n) is 6.49. The summed E-state index contributed by atoms with van der Waals surface area (Å²) in [4.78, 5) is 8.11. The van der Waals surface area contributed by atoms with E-state index < -0.39 is 0 Å². The Labute approximate surface area is 70.1 Å². The van der Waals surface area contributed by atoms with E-state index in [9.17, 15) is 0 Å². The van der Waals surface area contributed by atoms with Crippen molar-refractivity contribution in [1.29, 1.82) is 5.26 Å². The number of anilines is 1. The minimum absolute atomic E-state index is 0.300. The number of rotatable bonds is 1. The lowest BCUT2D eigenvalue weighted by atomic mass is 10.3. The summed E-state index contributed by atoms with van der Waals surface area (Å²) in [5, 5.41) is 8.55. The first-order valence-corrected chi connectivity index (χ1v) is 3.84. The molecule has 0 aliphatic heterocycles. The van der Waals surface area contributed by atoms with Crippen LogP contribution in [0.2, 0.25) is 0 Å². The lowest BCUT2D eigenvalue weighted by Crippen LogP contribution is -2.00. The van der Waals surface area contributed by atoms with Crippen LogP contribution in [0, 0.1) is 11.3 Å². The second kappa shape index (κ2) is 2.45. The molecule has 0 amide bonds. The molecule has 2 N–H and O–H groups in total. The summed E-state index contributed by atoms with van der Waals surface area (Å²) >= 11 is 0. The molecule has 1 aliphatic rings. The van der Waals surface area contributed by atoms with Gasteiger partial charge in [-0.2, -0.15) is 5.26 Å². The Kier molecular flexibility index (Phi) is 1.44. The molecule has 12 heavy (non-hydrogen) atoms. The molecule has 60 valence electrons. The first kappa shape index (κ1) is 7.04. The predicted molar refractivity (Wildman–Crippen MR) is 43.1 cm³/mol. The molecule has 0 bridgehead atoms. The van der Waals surface area contributed by atoms with E-state index in [4.69, 9.17) is 11.0 Å².